The summed E-state index contributed by atoms with van der Waals surface area (Å²) in [4.78, 5) is 33.8. The number of nitro benzene ring substituents is 1. The quantitative estimate of drug-likeness (QED) is 0.638. The zero-order chi connectivity index (χ0) is 18.4. The molecule has 2 aromatic rings. The number of hydrogen-bond acceptors (Lipinski definition) is 5. The number of benzene rings is 2. The van der Waals surface area contributed by atoms with Crippen LogP contribution in [-0.2, 0) is 4.79 Å². The van der Waals surface area contributed by atoms with Crippen LogP contribution in [0.4, 0.5) is 5.69 Å². The van der Waals surface area contributed by atoms with E-state index in [1.807, 2.05) is 32.0 Å². The first-order valence-corrected chi connectivity index (χ1v) is 7.41. The molecular formula is C17H17N3O5. The molecule has 8 nitrogen and oxygen atoms in total. The molecule has 0 radical (unpaired) electrons. The van der Waals surface area contributed by atoms with Gasteiger partial charge >= 0.3 is 0 Å². The molecule has 0 aromatic heterocycles. The fourth-order valence-electron chi connectivity index (χ4n) is 2.16. The van der Waals surface area contributed by atoms with Crippen LogP contribution in [0.25, 0.3) is 0 Å². The third-order valence-electron chi connectivity index (χ3n) is 3.39. The van der Waals surface area contributed by atoms with Gasteiger partial charge in [0.15, 0.2) is 6.61 Å². The number of nitro groups is 1. The van der Waals surface area contributed by atoms with Gasteiger partial charge in [-0.1, -0.05) is 24.3 Å². The summed E-state index contributed by atoms with van der Waals surface area (Å²) in [5.74, 6) is -0.604. The minimum atomic E-state index is -0.663. The Hall–Kier alpha value is -3.42. The first kappa shape index (κ1) is 17.9. The van der Waals surface area contributed by atoms with E-state index in [9.17, 15) is 19.7 Å². The second kappa shape index (κ2) is 7.91. The van der Waals surface area contributed by atoms with Crippen LogP contribution >= 0.6 is 0 Å². The van der Waals surface area contributed by atoms with Gasteiger partial charge in [0.05, 0.1) is 4.92 Å². The average Bonchev–Trinajstić information content (AvgIpc) is 2.59. The van der Waals surface area contributed by atoms with Gasteiger partial charge in [0.25, 0.3) is 17.5 Å². The minimum Gasteiger partial charge on any atom is -0.483 e. The number of carbonyl (C=O) groups is 2. The van der Waals surface area contributed by atoms with Crippen LogP contribution < -0.4 is 15.6 Å². The number of nitrogens with one attached hydrogen (secondary N) is 2. The fourth-order valence-corrected chi connectivity index (χ4v) is 2.16. The molecule has 0 unspecified atom stereocenters. The van der Waals surface area contributed by atoms with Crippen molar-refractivity contribution >= 4 is 17.5 Å². The molecule has 25 heavy (non-hydrogen) atoms. The van der Waals surface area contributed by atoms with E-state index < -0.39 is 16.7 Å². The van der Waals surface area contributed by atoms with Crippen LogP contribution in [0.5, 0.6) is 5.75 Å². The lowest BCUT2D eigenvalue weighted by Gasteiger charge is -2.12. The molecule has 130 valence electrons. The average molecular weight is 343 g/mol. The standard InChI is InChI=1S/C17H17N3O5/c1-11-5-3-6-12(2)16(11)25-10-15(21)18-19-17(22)13-7-4-8-14(9-13)20(23)24/h3-9H,10H2,1-2H3,(H,18,21)(H,19,22). The normalized spacial score (nSPS) is 10.0. The Morgan fingerprint density at radius 3 is 2.36 bits per heavy atom. The van der Waals surface area contributed by atoms with E-state index in [0.29, 0.717) is 5.75 Å². The first-order valence-electron chi connectivity index (χ1n) is 7.41. The van der Waals surface area contributed by atoms with Crippen molar-refractivity contribution in [1.82, 2.24) is 10.9 Å². The molecule has 2 amide bonds. The molecule has 8 heteroatoms. The summed E-state index contributed by atoms with van der Waals surface area (Å²) in [6, 6.07) is 10.8. The Bertz CT molecular complexity index is 799. The molecular weight excluding hydrogens is 326 g/mol. The highest BCUT2D eigenvalue weighted by Gasteiger charge is 2.13. The smallest absolute Gasteiger partial charge is 0.276 e. The van der Waals surface area contributed by atoms with Crippen molar-refractivity contribution < 1.29 is 19.2 Å². The van der Waals surface area contributed by atoms with Crippen LogP contribution in [0.3, 0.4) is 0 Å². The summed E-state index contributed by atoms with van der Waals surface area (Å²) in [5.41, 5.74) is 6.04. The molecule has 2 rings (SSSR count). The Morgan fingerprint density at radius 1 is 1.08 bits per heavy atom. The number of hydrogen-bond donors (Lipinski definition) is 2. The van der Waals surface area contributed by atoms with E-state index in [-0.39, 0.29) is 17.9 Å². The van der Waals surface area contributed by atoms with Gasteiger partial charge in [-0.15, -0.1) is 0 Å². The Labute approximate surface area is 143 Å². The van der Waals surface area contributed by atoms with Crippen LogP contribution in [0.2, 0.25) is 0 Å². The summed E-state index contributed by atoms with van der Waals surface area (Å²) < 4.78 is 5.47. The van der Waals surface area contributed by atoms with Gasteiger partial charge in [-0.3, -0.25) is 30.6 Å². The van der Waals surface area contributed by atoms with E-state index in [4.69, 9.17) is 4.74 Å². The van der Waals surface area contributed by atoms with Gasteiger partial charge in [0.1, 0.15) is 5.75 Å². The molecule has 0 aliphatic heterocycles. The summed E-state index contributed by atoms with van der Waals surface area (Å²) >= 11 is 0. The van der Waals surface area contributed by atoms with Crippen molar-refractivity contribution in [2.45, 2.75) is 13.8 Å². The number of rotatable bonds is 5. The molecule has 0 saturated carbocycles. The van der Waals surface area contributed by atoms with Crippen molar-refractivity contribution in [2.75, 3.05) is 6.61 Å². The lowest BCUT2D eigenvalue weighted by molar-refractivity contribution is -0.384. The molecule has 0 fully saturated rings. The summed E-state index contributed by atoms with van der Waals surface area (Å²) in [6.45, 7) is 3.45. The Morgan fingerprint density at radius 2 is 1.72 bits per heavy atom. The molecule has 0 bridgehead atoms. The third kappa shape index (κ3) is 4.77. The van der Waals surface area contributed by atoms with Crippen LogP contribution in [0, 0.1) is 24.0 Å². The maximum Gasteiger partial charge on any atom is 0.276 e. The van der Waals surface area contributed by atoms with Crippen LogP contribution in [0.15, 0.2) is 42.5 Å². The number of aryl methyl sites for hydroxylation is 2. The van der Waals surface area contributed by atoms with Crippen molar-refractivity contribution in [3.63, 3.8) is 0 Å². The SMILES string of the molecule is Cc1cccc(C)c1OCC(=O)NNC(=O)c1cccc([N+](=O)[O-])c1. The van der Waals surface area contributed by atoms with E-state index in [1.165, 1.54) is 18.2 Å². The summed E-state index contributed by atoms with van der Waals surface area (Å²) in [5, 5.41) is 10.7. The second-order valence-corrected chi connectivity index (χ2v) is 5.32. The zero-order valence-corrected chi connectivity index (χ0v) is 13.7. The minimum absolute atomic E-state index is 0.0603. The Balaban J connectivity index is 1.88. The first-order chi connectivity index (χ1) is 11.9. The molecule has 2 aromatic carbocycles. The van der Waals surface area contributed by atoms with E-state index in [1.54, 1.807) is 0 Å². The van der Waals surface area contributed by atoms with Gasteiger partial charge in [-0.25, -0.2) is 0 Å². The number of non-ortho nitro benzene ring substituents is 1. The number of hydrazine groups is 1. The van der Waals surface area contributed by atoms with Crippen molar-refractivity contribution in [3.8, 4) is 5.75 Å². The molecule has 0 heterocycles. The van der Waals surface area contributed by atoms with Crippen LogP contribution in [-0.4, -0.2) is 23.3 Å². The second-order valence-electron chi connectivity index (χ2n) is 5.32. The molecule has 0 spiro atoms. The van der Waals surface area contributed by atoms with E-state index in [2.05, 4.69) is 10.9 Å². The number of amides is 2. The van der Waals surface area contributed by atoms with E-state index in [0.717, 1.165) is 17.2 Å². The van der Waals surface area contributed by atoms with Gasteiger partial charge in [0, 0.05) is 17.7 Å². The third-order valence-corrected chi connectivity index (χ3v) is 3.39. The lowest BCUT2D eigenvalue weighted by Crippen LogP contribution is -2.43. The lowest BCUT2D eigenvalue weighted by atomic mass is 10.1. The molecule has 0 aliphatic carbocycles. The predicted octanol–water partition coefficient (Wildman–Crippen LogP) is 2.05. The number of para-hydroxylation sites is 1. The van der Waals surface area contributed by atoms with Crippen molar-refractivity contribution in [1.29, 1.82) is 0 Å². The van der Waals surface area contributed by atoms with E-state index >= 15 is 0 Å². The monoisotopic (exact) mass is 343 g/mol. The van der Waals surface area contributed by atoms with Gasteiger partial charge in [-0.2, -0.15) is 0 Å². The topological polar surface area (TPSA) is 111 Å². The van der Waals surface area contributed by atoms with Gasteiger partial charge < -0.3 is 4.74 Å². The molecule has 0 atom stereocenters. The maximum absolute atomic E-state index is 11.9. The predicted molar refractivity (Wildman–Crippen MR) is 90.1 cm³/mol. The van der Waals surface area contributed by atoms with Gasteiger partial charge in [0.2, 0.25) is 0 Å². The number of carbonyl (C=O) groups excluding carboxylic acids is 2. The number of nitrogens with zero attached hydrogens (tertiary/aromatic N) is 1. The Kier molecular flexibility index (Phi) is 5.67. The maximum atomic E-state index is 11.9. The summed E-state index contributed by atoms with van der Waals surface area (Å²) in [6.07, 6.45) is 0. The van der Waals surface area contributed by atoms with Crippen molar-refractivity contribution in [2.24, 2.45) is 0 Å². The number of ether oxygens (including phenoxy) is 1. The highest BCUT2D eigenvalue weighted by atomic mass is 16.6. The van der Waals surface area contributed by atoms with Gasteiger partial charge in [-0.05, 0) is 31.0 Å². The zero-order valence-electron chi connectivity index (χ0n) is 13.7. The molecule has 0 aliphatic rings. The molecule has 2 N–H and O–H groups in total. The molecule has 0 saturated heterocycles. The van der Waals surface area contributed by atoms with Crippen molar-refractivity contribution in [3.05, 3.63) is 69.3 Å². The summed E-state index contributed by atoms with van der Waals surface area (Å²) in [7, 11) is 0. The fraction of sp³-hybridized carbons (Fsp3) is 0.176. The van der Waals surface area contributed by atoms with Crippen LogP contribution in [0.1, 0.15) is 21.5 Å². The highest BCUT2D eigenvalue weighted by molar-refractivity contribution is 5.96. The highest BCUT2D eigenvalue weighted by Crippen LogP contribution is 2.21. The largest absolute Gasteiger partial charge is 0.483 e.